The van der Waals surface area contributed by atoms with E-state index < -0.39 is 0 Å². The summed E-state index contributed by atoms with van der Waals surface area (Å²) in [6.45, 7) is 6.00. The fourth-order valence-electron chi connectivity index (χ4n) is 3.26. The van der Waals surface area contributed by atoms with Gasteiger partial charge in [-0.2, -0.15) is 0 Å². The third-order valence-electron chi connectivity index (χ3n) is 4.87. The fourth-order valence-corrected chi connectivity index (χ4v) is 3.26. The van der Waals surface area contributed by atoms with E-state index in [0.29, 0.717) is 16.7 Å². The number of rotatable bonds is 3. The van der Waals surface area contributed by atoms with E-state index in [-0.39, 0.29) is 5.91 Å². The van der Waals surface area contributed by atoms with Gasteiger partial charge in [0, 0.05) is 11.1 Å². The first kappa shape index (κ1) is 18.7. The van der Waals surface area contributed by atoms with Gasteiger partial charge in [0.2, 0.25) is 5.55 Å². The molecule has 144 valence electrons. The van der Waals surface area contributed by atoms with Gasteiger partial charge in [-0.3, -0.25) is 4.79 Å². The number of aryl methyl sites for hydroxylation is 3. The number of hydrogen-bond acceptors (Lipinski definition) is 3. The maximum Gasteiger partial charge on any atom is 0.261 e. The van der Waals surface area contributed by atoms with Gasteiger partial charge in [-0.1, -0.05) is 54.1 Å². The van der Waals surface area contributed by atoms with E-state index in [4.69, 9.17) is 4.42 Å². The number of nitrogens with one attached hydrogen (secondary N) is 1. The number of carbonyl (C=O) groups excluding carboxylic acids is 1. The van der Waals surface area contributed by atoms with Crippen molar-refractivity contribution in [3.8, 4) is 0 Å². The van der Waals surface area contributed by atoms with E-state index in [1.54, 1.807) is 0 Å². The molecule has 1 aromatic heterocycles. The standard InChI is InChI=1S/C25H22N2O2/c1-16-12-13-22(18(3)14-16)27-25-20(15-19-9-5-7-11-23(19)29-25)24(28)26-21-10-6-4-8-17(21)2/h4-15H,1-3H3,(H,26,28). The molecule has 0 atom stereocenters. The van der Waals surface area contributed by atoms with Gasteiger partial charge in [-0.15, -0.1) is 0 Å². The van der Waals surface area contributed by atoms with Crippen molar-refractivity contribution in [3.05, 3.63) is 101 Å². The average Bonchev–Trinajstić information content (AvgIpc) is 2.71. The monoisotopic (exact) mass is 382 g/mol. The fraction of sp³-hybridized carbons (Fsp3) is 0.120. The molecule has 0 radical (unpaired) electrons. The summed E-state index contributed by atoms with van der Waals surface area (Å²) in [6, 6.07) is 23.1. The summed E-state index contributed by atoms with van der Waals surface area (Å²) in [4.78, 5) is 17.8. The molecule has 0 fully saturated rings. The van der Waals surface area contributed by atoms with Crippen molar-refractivity contribution in [2.24, 2.45) is 4.99 Å². The molecule has 3 aromatic carbocycles. The largest absolute Gasteiger partial charge is 0.438 e. The minimum absolute atomic E-state index is 0.252. The minimum atomic E-state index is -0.252. The second kappa shape index (κ2) is 7.76. The second-order valence-electron chi connectivity index (χ2n) is 7.17. The lowest BCUT2D eigenvalue weighted by Crippen LogP contribution is -2.22. The molecule has 0 saturated carbocycles. The van der Waals surface area contributed by atoms with Crippen LogP contribution in [0.15, 0.2) is 82.2 Å². The summed E-state index contributed by atoms with van der Waals surface area (Å²) in [5.41, 5.74) is 6.10. The van der Waals surface area contributed by atoms with E-state index in [1.165, 1.54) is 0 Å². The zero-order valence-electron chi connectivity index (χ0n) is 16.7. The molecule has 0 aliphatic rings. The number of benzene rings is 3. The van der Waals surface area contributed by atoms with Gasteiger partial charge >= 0.3 is 0 Å². The minimum Gasteiger partial charge on any atom is -0.438 e. The van der Waals surface area contributed by atoms with Crippen LogP contribution >= 0.6 is 0 Å². The summed E-state index contributed by atoms with van der Waals surface area (Å²) in [7, 11) is 0. The topological polar surface area (TPSA) is 54.6 Å². The predicted octanol–water partition coefficient (Wildman–Crippen LogP) is 5.84. The number of fused-ring (bicyclic) bond motifs is 1. The van der Waals surface area contributed by atoms with E-state index >= 15 is 0 Å². The number of para-hydroxylation sites is 2. The first-order valence-corrected chi connectivity index (χ1v) is 9.53. The van der Waals surface area contributed by atoms with Gasteiger partial charge in [0.15, 0.2) is 0 Å². The molecule has 1 heterocycles. The zero-order valence-corrected chi connectivity index (χ0v) is 16.7. The van der Waals surface area contributed by atoms with Gasteiger partial charge in [0.25, 0.3) is 5.91 Å². The molecule has 0 aliphatic heterocycles. The smallest absolute Gasteiger partial charge is 0.261 e. The molecular weight excluding hydrogens is 360 g/mol. The van der Waals surface area contributed by atoms with Crippen molar-refractivity contribution in [1.82, 2.24) is 0 Å². The Labute approximate surface area is 169 Å². The van der Waals surface area contributed by atoms with Crippen LogP contribution < -0.4 is 10.9 Å². The van der Waals surface area contributed by atoms with Crippen LogP contribution in [-0.2, 0) is 0 Å². The highest BCUT2D eigenvalue weighted by atomic mass is 16.3. The lowest BCUT2D eigenvalue weighted by molar-refractivity contribution is 0.102. The van der Waals surface area contributed by atoms with Gasteiger partial charge < -0.3 is 9.73 Å². The summed E-state index contributed by atoms with van der Waals surface area (Å²) in [5.74, 6) is -0.252. The van der Waals surface area contributed by atoms with Crippen LogP contribution in [0.1, 0.15) is 27.0 Å². The van der Waals surface area contributed by atoms with Gasteiger partial charge in [0.1, 0.15) is 11.1 Å². The van der Waals surface area contributed by atoms with E-state index in [0.717, 1.165) is 33.5 Å². The first-order chi connectivity index (χ1) is 14.0. The maximum atomic E-state index is 13.1. The Kier molecular flexibility index (Phi) is 5.00. The van der Waals surface area contributed by atoms with E-state index in [9.17, 15) is 4.79 Å². The Morgan fingerprint density at radius 1 is 0.862 bits per heavy atom. The van der Waals surface area contributed by atoms with Crippen LogP contribution in [0.3, 0.4) is 0 Å². The molecule has 0 bridgehead atoms. The van der Waals surface area contributed by atoms with Gasteiger partial charge in [0.05, 0.1) is 5.69 Å². The highest BCUT2D eigenvalue weighted by Gasteiger charge is 2.14. The van der Waals surface area contributed by atoms with Crippen LogP contribution in [0, 0.1) is 20.8 Å². The normalized spacial score (nSPS) is 11.6. The second-order valence-corrected chi connectivity index (χ2v) is 7.17. The summed E-state index contributed by atoms with van der Waals surface area (Å²) < 4.78 is 6.04. The van der Waals surface area contributed by atoms with Crippen LogP contribution in [0.25, 0.3) is 11.0 Å². The Hall–Kier alpha value is -3.66. The van der Waals surface area contributed by atoms with Crippen molar-refractivity contribution in [2.45, 2.75) is 20.8 Å². The molecule has 0 saturated heterocycles. The Bertz CT molecular complexity index is 1290. The van der Waals surface area contributed by atoms with Gasteiger partial charge in [-0.05, 0) is 56.2 Å². The molecule has 4 heteroatoms. The molecule has 0 spiro atoms. The highest BCUT2D eigenvalue weighted by Crippen LogP contribution is 2.21. The Morgan fingerprint density at radius 2 is 1.62 bits per heavy atom. The van der Waals surface area contributed by atoms with Gasteiger partial charge in [-0.25, -0.2) is 4.99 Å². The zero-order chi connectivity index (χ0) is 20.4. The number of anilines is 1. The number of nitrogens with zero attached hydrogens (tertiary/aromatic N) is 1. The molecular formula is C25H22N2O2. The summed E-state index contributed by atoms with van der Waals surface area (Å²) in [6.07, 6.45) is 0. The first-order valence-electron chi connectivity index (χ1n) is 9.53. The van der Waals surface area contributed by atoms with Crippen LogP contribution in [-0.4, -0.2) is 5.91 Å². The van der Waals surface area contributed by atoms with E-state index in [2.05, 4.69) is 16.4 Å². The van der Waals surface area contributed by atoms with Crippen molar-refractivity contribution in [1.29, 1.82) is 0 Å². The summed E-state index contributed by atoms with van der Waals surface area (Å²) in [5, 5.41) is 3.83. The van der Waals surface area contributed by atoms with Crippen LogP contribution in [0.5, 0.6) is 0 Å². The van der Waals surface area contributed by atoms with Crippen molar-refractivity contribution >= 4 is 28.3 Å². The molecule has 4 aromatic rings. The number of amides is 1. The third kappa shape index (κ3) is 3.97. The maximum absolute atomic E-state index is 13.1. The van der Waals surface area contributed by atoms with Crippen LogP contribution in [0.2, 0.25) is 0 Å². The Balaban J connectivity index is 1.87. The van der Waals surface area contributed by atoms with E-state index in [1.807, 2.05) is 87.5 Å². The number of carbonyl (C=O) groups is 1. The van der Waals surface area contributed by atoms with Crippen molar-refractivity contribution in [2.75, 3.05) is 5.32 Å². The molecule has 0 unspecified atom stereocenters. The average molecular weight is 382 g/mol. The molecule has 4 rings (SSSR count). The SMILES string of the molecule is Cc1ccc(N=c2oc3ccccc3cc2C(=O)Nc2ccccc2C)c(C)c1. The molecule has 29 heavy (non-hydrogen) atoms. The lowest BCUT2D eigenvalue weighted by Gasteiger charge is -2.09. The third-order valence-corrected chi connectivity index (χ3v) is 4.87. The van der Waals surface area contributed by atoms with Crippen molar-refractivity contribution in [3.63, 3.8) is 0 Å². The molecule has 1 N–H and O–H groups in total. The Morgan fingerprint density at radius 3 is 2.41 bits per heavy atom. The number of hydrogen-bond donors (Lipinski definition) is 1. The summed E-state index contributed by atoms with van der Waals surface area (Å²) >= 11 is 0. The quantitative estimate of drug-likeness (QED) is 0.484. The molecule has 4 nitrogen and oxygen atoms in total. The van der Waals surface area contributed by atoms with Crippen molar-refractivity contribution < 1.29 is 9.21 Å². The molecule has 1 amide bonds. The lowest BCUT2D eigenvalue weighted by atomic mass is 10.1. The van der Waals surface area contributed by atoms with Crippen LogP contribution in [0.4, 0.5) is 11.4 Å². The highest BCUT2D eigenvalue weighted by molar-refractivity contribution is 6.05. The molecule has 0 aliphatic carbocycles. The predicted molar refractivity (Wildman–Crippen MR) is 116 cm³/mol.